The largest absolute Gasteiger partial charge is 0.487 e. The Balaban J connectivity index is 1.86. The molecule has 1 aliphatic rings. The second-order valence-corrected chi connectivity index (χ2v) is 5.85. The van der Waals surface area contributed by atoms with Crippen molar-refractivity contribution in [2.45, 2.75) is 31.3 Å². The van der Waals surface area contributed by atoms with Crippen LogP contribution in [0.4, 0.5) is 0 Å². The van der Waals surface area contributed by atoms with Crippen LogP contribution in [0.15, 0.2) is 54.6 Å². The highest BCUT2D eigenvalue weighted by molar-refractivity contribution is 5.70. The van der Waals surface area contributed by atoms with Gasteiger partial charge in [-0.15, -0.1) is 0 Å². The summed E-state index contributed by atoms with van der Waals surface area (Å²) in [4.78, 5) is 0. The number of nitrogens with one attached hydrogen (secondary N) is 1. The molecule has 0 atom stereocenters. The summed E-state index contributed by atoms with van der Waals surface area (Å²) in [6, 6.07) is 18.9. The van der Waals surface area contributed by atoms with Gasteiger partial charge in [-0.3, -0.25) is 0 Å². The SMILES string of the molecule is CNCCC1(Oc2ccccc2-c2ccccc2)CCC1. The van der Waals surface area contributed by atoms with E-state index in [2.05, 4.69) is 53.8 Å². The molecule has 1 fully saturated rings. The Kier molecular flexibility index (Phi) is 4.26. The Morgan fingerprint density at radius 1 is 1.00 bits per heavy atom. The molecule has 1 aliphatic carbocycles. The van der Waals surface area contributed by atoms with Crippen molar-refractivity contribution in [1.82, 2.24) is 5.32 Å². The van der Waals surface area contributed by atoms with Crippen LogP contribution in [0.2, 0.25) is 0 Å². The second-order valence-electron chi connectivity index (χ2n) is 5.85. The van der Waals surface area contributed by atoms with Gasteiger partial charge in [0, 0.05) is 5.56 Å². The summed E-state index contributed by atoms with van der Waals surface area (Å²) in [7, 11) is 2.00. The van der Waals surface area contributed by atoms with Crippen molar-refractivity contribution in [1.29, 1.82) is 0 Å². The Morgan fingerprint density at radius 2 is 1.71 bits per heavy atom. The summed E-state index contributed by atoms with van der Waals surface area (Å²) >= 11 is 0. The van der Waals surface area contributed by atoms with Crippen molar-refractivity contribution in [3.8, 4) is 16.9 Å². The minimum Gasteiger partial charge on any atom is -0.487 e. The van der Waals surface area contributed by atoms with Crippen molar-refractivity contribution in [3.63, 3.8) is 0 Å². The van der Waals surface area contributed by atoms with Gasteiger partial charge in [-0.2, -0.15) is 0 Å². The summed E-state index contributed by atoms with van der Waals surface area (Å²) in [5, 5.41) is 3.24. The lowest BCUT2D eigenvalue weighted by Crippen LogP contribution is -2.45. The molecule has 2 aromatic carbocycles. The molecule has 0 amide bonds. The van der Waals surface area contributed by atoms with Crippen LogP contribution >= 0.6 is 0 Å². The Bertz CT molecular complexity index is 575. The lowest BCUT2D eigenvalue weighted by atomic mass is 9.77. The van der Waals surface area contributed by atoms with Crippen LogP contribution in [0.1, 0.15) is 25.7 Å². The van der Waals surface area contributed by atoms with Gasteiger partial charge in [0.05, 0.1) is 0 Å². The molecule has 0 bridgehead atoms. The lowest BCUT2D eigenvalue weighted by Gasteiger charge is -2.42. The van der Waals surface area contributed by atoms with E-state index < -0.39 is 0 Å². The van der Waals surface area contributed by atoms with Crippen LogP contribution in [-0.2, 0) is 0 Å². The maximum Gasteiger partial charge on any atom is 0.127 e. The number of rotatable bonds is 6. The summed E-state index contributed by atoms with van der Waals surface area (Å²) in [6.07, 6.45) is 4.68. The van der Waals surface area contributed by atoms with Gasteiger partial charge in [-0.05, 0) is 50.9 Å². The van der Waals surface area contributed by atoms with Crippen LogP contribution < -0.4 is 10.1 Å². The molecule has 1 N–H and O–H groups in total. The zero-order valence-corrected chi connectivity index (χ0v) is 12.6. The second kappa shape index (κ2) is 6.31. The van der Waals surface area contributed by atoms with Gasteiger partial charge in [0.15, 0.2) is 0 Å². The molecule has 0 heterocycles. The summed E-state index contributed by atoms with van der Waals surface area (Å²) in [6.45, 7) is 1.01. The van der Waals surface area contributed by atoms with E-state index in [4.69, 9.17) is 4.74 Å². The highest BCUT2D eigenvalue weighted by Crippen LogP contribution is 2.42. The summed E-state index contributed by atoms with van der Waals surface area (Å²) < 4.78 is 6.49. The van der Waals surface area contributed by atoms with Crippen LogP contribution in [0.3, 0.4) is 0 Å². The third-order valence-electron chi connectivity index (χ3n) is 4.39. The molecule has 110 valence electrons. The monoisotopic (exact) mass is 281 g/mol. The number of hydrogen-bond donors (Lipinski definition) is 1. The van der Waals surface area contributed by atoms with Crippen LogP contribution in [0.25, 0.3) is 11.1 Å². The van der Waals surface area contributed by atoms with Crippen LogP contribution in [0, 0.1) is 0 Å². The van der Waals surface area contributed by atoms with E-state index >= 15 is 0 Å². The molecular formula is C19H23NO. The van der Waals surface area contributed by atoms with Gasteiger partial charge in [-0.1, -0.05) is 48.5 Å². The predicted octanol–water partition coefficient (Wildman–Crippen LogP) is 4.26. The van der Waals surface area contributed by atoms with Gasteiger partial charge < -0.3 is 10.1 Å². The first-order valence-electron chi connectivity index (χ1n) is 7.81. The van der Waals surface area contributed by atoms with Gasteiger partial charge in [0.25, 0.3) is 0 Å². The molecule has 2 heteroatoms. The first-order chi connectivity index (χ1) is 10.3. The molecule has 1 saturated carbocycles. The van der Waals surface area contributed by atoms with Crippen molar-refractivity contribution in [2.75, 3.05) is 13.6 Å². The van der Waals surface area contributed by atoms with Gasteiger partial charge in [-0.25, -0.2) is 0 Å². The topological polar surface area (TPSA) is 21.3 Å². The third-order valence-corrected chi connectivity index (χ3v) is 4.39. The zero-order chi connectivity index (χ0) is 14.5. The molecular weight excluding hydrogens is 258 g/mol. The van der Waals surface area contributed by atoms with E-state index in [0.717, 1.165) is 31.6 Å². The Morgan fingerprint density at radius 3 is 2.38 bits per heavy atom. The van der Waals surface area contributed by atoms with E-state index in [1.54, 1.807) is 0 Å². The van der Waals surface area contributed by atoms with E-state index in [1.807, 2.05) is 13.1 Å². The third kappa shape index (κ3) is 3.11. The number of ether oxygens (including phenoxy) is 1. The average molecular weight is 281 g/mol. The quantitative estimate of drug-likeness (QED) is 0.854. The fourth-order valence-corrected chi connectivity index (χ4v) is 2.97. The average Bonchev–Trinajstić information content (AvgIpc) is 2.51. The maximum atomic E-state index is 6.49. The Labute approximate surface area is 127 Å². The normalized spacial score (nSPS) is 16.2. The molecule has 0 saturated heterocycles. The molecule has 21 heavy (non-hydrogen) atoms. The Hall–Kier alpha value is -1.80. The smallest absolute Gasteiger partial charge is 0.127 e. The lowest BCUT2D eigenvalue weighted by molar-refractivity contribution is -0.0134. The molecule has 0 spiro atoms. The molecule has 3 rings (SSSR count). The minimum atomic E-state index is 0.0356. The molecule has 0 radical (unpaired) electrons. The molecule has 0 aliphatic heterocycles. The van der Waals surface area contributed by atoms with E-state index in [-0.39, 0.29) is 5.60 Å². The van der Waals surface area contributed by atoms with Crippen LogP contribution in [-0.4, -0.2) is 19.2 Å². The first-order valence-corrected chi connectivity index (χ1v) is 7.81. The molecule has 2 aromatic rings. The summed E-state index contributed by atoms with van der Waals surface area (Å²) in [5.41, 5.74) is 2.44. The zero-order valence-electron chi connectivity index (χ0n) is 12.6. The van der Waals surface area contributed by atoms with Crippen molar-refractivity contribution in [2.24, 2.45) is 0 Å². The van der Waals surface area contributed by atoms with Gasteiger partial charge in [0.1, 0.15) is 11.4 Å². The molecule has 0 unspecified atom stereocenters. The first kappa shape index (κ1) is 14.2. The summed E-state index contributed by atoms with van der Waals surface area (Å²) in [5.74, 6) is 1.01. The van der Waals surface area contributed by atoms with Crippen molar-refractivity contribution >= 4 is 0 Å². The van der Waals surface area contributed by atoms with Crippen molar-refractivity contribution < 1.29 is 4.74 Å². The fraction of sp³-hybridized carbons (Fsp3) is 0.368. The minimum absolute atomic E-state index is 0.0356. The van der Waals surface area contributed by atoms with Gasteiger partial charge in [0.2, 0.25) is 0 Å². The number of para-hydroxylation sites is 1. The predicted molar refractivity (Wildman–Crippen MR) is 87.6 cm³/mol. The fourth-order valence-electron chi connectivity index (χ4n) is 2.97. The van der Waals surface area contributed by atoms with E-state index in [1.165, 1.54) is 17.5 Å². The molecule has 0 aromatic heterocycles. The molecule has 2 nitrogen and oxygen atoms in total. The highest BCUT2D eigenvalue weighted by atomic mass is 16.5. The maximum absolute atomic E-state index is 6.49. The standard InChI is InChI=1S/C19H23NO/c1-20-15-14-19(12-7-13-19)21-18-11-6-5-10-17(18)16-8-3-2-4-9-16/h2-6,8-11,20H,7,12-15H2,1H3. The highest BCUT2D eigenvalue weighted by Gasteiger charge is 2.39. The number of hydrogen-bond acceptors (Lipinski definition) is 2. The van der Waals surface area contributed by atoms with Gasteiger partial charge >= 0.3 is 0 Å². The van der Waals surface area contributed by atoms with Crippen molar-refractivity contribution in [3.05, 3.63) is 54.6 Å². The number of benzene rings is 2. The van der Waals surface area contributed by atoms with E-state index in [0.29, 0.717) is 0 Å². The van der Waals surface area contributed by atoms with Crippen LogP contribution in [0.5, 0.6) is 5.75 Å². The van der Waals surface area contributed by atoms with E-state index in [9.17, 15) is 0 Å².